The van der Waals surface area contributed by atoms with Crippen molar-refractivity contribution in [2.45, 2.75) is 102 Å². The molecule has 0 saturated carbocycles. The summed E-state index contributed by atoms with van der Waals surface area (Å²) in [6, 6.07) is 24.0. The summed E-state index contributed by atoms with van der Waals surface area (Å²) in [6.07, 6.45) is 3.46. The molecular formula is C41H62O4. The summed E-state index contributed by atoms with van der Waals surface area (Å²) in [6.45, 7) is 32.0. The second-order valence-corrected chi connectivity index (χ2v) is 16.2. The van der Waals surface area contributed by atoms with E-state index >= 15 is 0 Å². The van der Waals surface area contributed by atoms with E-state index in [1.165, 1.54) is 29.5 Å². The third-order valence-electron chi connectivity index (χ3n) is 5.03. The largest absolute Gasteiger partial charge is 0.486 e. The fraction of sp³-hybridized carbons (Fsp3) is 0.512. The monoisotopic (exact) mass is 618 g/mol. The summed E-state index contributed by atoms with van der Waals surface area (Å²) in [4.78, 5) is 0. The molecule has 6 rings (SSSR count). The molecule has 250 valence electrons. The Balaban J connectivity index is 0.000000280. The minimum atomic E-state index is 0.360. The number of benzene rings is 3. The highest BCUT2D eigenvalue weighted by Crippen LogP contribution is 2.30. The number of allylic oxidation sites excluding steroid dienone is 1. The van der Waals surface area contributed by atoms with Crippen LogP contribution in [-0.2, 0) is 12.8 Å². The molecule has 4 nitrogen and oxygen atoms in total. The molecule has 0 fully saturated rings. The molecule has 1 aliphatic carbocycles. The van der Waals surface area contributed by atoms with Crippen molar-refractivity contribution in [2.75, 3.05) is 20.0 Å². The molecule has 2 heterocycles. The van der Waals surface area contributed by atoms with E-state index < -0.39 is 0 Å². The van der Waals surface area contributed by atoms with Crippen LogP contribution in [0.4, 0.5) is 0 Å². The number of rotatable bonds is 0. The molecule has 0 amide bonds. The van der Waals surface area contributed by atoms with Gasteiger partial charge in [0.25, 0.3) is 0 Å². The summed E-state index contributed by atoms with van der Waals surface area (Å²) in [7, 11) is 0. The van der Waals surface area contributed by atoms with E-state index in [2.05, 4.69) is 114 Å². The topological polar surface area (TPSA) is 36.9 Å². The maximum Gasteiger partial charge on any atom is 0.231 e. The number of para-hydroxylation sites is 4. The molecule has 45 heavy (non-hydrogen) atoms. The summed E-state index contributed by atoms with van der Waals surface area (Å²) in [5, 5.41) is 0. The van der Waals surface area contributed by atoms with Crippen LogP contribution in [0.15, 0.2) is 84.9 Å². The molecule has 0 saturated heterocycles. The predicted octanol–water partition coefficient (Wildman–Crippen LogP) is 11.8. The van der Waals surface area contributed by atoms with Crippen molar-refractivity contribution in [3.8, 4) is 23.0 Å². The third-order valence-corrected chi connectivity index (χ3v) is 5.03. The zero-order chi connectivity index (χ0) is 34.1. The van der Waals surface area contributed by atoms with Gasteiger partial charge in [-0.25, -0.2) is 0 Å². The minimum absolute atomic E-state index is 0.360. The predicted molar refractivity (Wildman–Crippen MR) is 193 cm³/mol. The Bertz CT molecular complexity index is 1160. The molecule has 0 N–H and O–H groups in total. The maximum atomic E-state index is 5.30. The third kappa shape index (κ3) is 22.7. The lowest BCUT2D eigenvalue weighted by atomic mass is 9.89. The first kappa shape index (κ1) is 39.6. The van der Waals surface area contributed by atoms with Gasteiger partial charge in [0.05, 0.1) is 0 Å². The summed E-state index contributed by atoms with van der Waals surface area (Å²) < 4.78 is 20.7. The molecule has 0 aromatic heterocycles. The van der Waals surface area contributed by atoms with Gasteiger partial charge < -0.3 is 18.9 Å². The Hall–Kier alpha value is -3.40. The van der Waals surface area contributed by atoms with Gasteiger partial charge in [0.1, 0.15) is 13.2 Å². The smallest absolute Gasteiger partial charge is 0.231 e. The van der Waals surface area contributed by atoms with Crippen LogP contribution in [0.5, 0.6) is 23.0 Å². The van der Waals surface area contributed by atoms with Gasteiger partial charge in [0, 0.05) is 0 Å². The van der Waals surface area contributed by atoms with Crippen LogP contribution >= 0.6 is 0 Å². The average Bonchev–Trinajstić information content (AvgIpc) is 3.40. The van der Waals surface area contributed by atoms with E-state index in [4.69, 9.17) is 18.9 Å². The summed E-state index contributed by atoms with van der Waals surface area (Å²) in [5.74, 6) is 3.40. The van der Waals surface area contributed by atoms with Crippen LogP contribution in [0.25, 0.3) is 0 Å². The first-order valence-electron chi connectivity index (χ1n) is 16.2. The van der Waals surface area contributed by atoms with Crippen molar-refractivity contribution in [3.05, 3.63) is 96.1 Å². The molecule has 2 aliphatic heterocycles. The van der Waals surface area contributed by atoms with Crippen molar-refractivity contribution in [1.29, 1.82) is 0 Å². The van der Waals surface area contributed by atoms with E-state index in [0.717, 1.165) is 29.4 Å². The van der Waals surface area contributed by atoms with Gasteiger partial charge in [0.15, 0.2) is 23.0 Å². The zero-order valence-electron chi connectivity index (χ0n) is 30.5. The summed E-state index contributed by atoms with van der Waals surface area (Å²) in [5.41, 5.74) is 5.87. The number of aryl methyl sites for hydroxylation is 1. The van der Waals surface area contributed by atoms with Gasteiger partial charge in [-0.1, -0.05) is 144 Å². The van der Waals surface area contributed by atoms with E-state index in [9.17, 15) is 0 Å². The lowest BCUT2D eigenvalue weighted by Crippen LogP contribution is -2.14. The number of ether oxygens (including phenoxy) is 4. The van der Waals surface area contributed by atoms with Crippen LogP contribution in [0.1, 0.15) is 101 Å². The molecule has 0 radical (unpaired) electrons. The molecule has 3 aromatic rings. The van der Waals surface area contributed by atoms with Crippen molar-refractivity contribution in [3.63, 3.8) is 0 Å². The highest BCUT2D eigenvalue weighted by atomic mass is 16.7. The summed E-state index contributed by atoms with van der Waals surface area (Å²) >= 11 is 0. The molecule has 3 aliphatic rings. The lowest BCUT2D eigenvalue weighted by Gasteiger charge is -2.17. The molecule has 0 bridgehead atoms. The van der Waals surface area contributed by atoms with E-state index in [1.54, 1.807) is 0 Å². The molecule has 3 aromatic carbocycles. The van der Waals surface area contributed by atoms with Crippen molar-refractivity contribution >= 4 is 0 Å². The highest BCUT2D eigenvalue weighted by Gasteiger charge is 2.10. The Labute approximate surface area is 276 Å². The normalized spacial score (nSPS) is 14.0. The van der Waals surface area contributed by atoms with Gasteiger partial charge in [0.2, 0.25) is 6.79 Å². The van der Waals surface area contributed by atoms with E-state index in [-0.39, 0.29) is 0 Å². The fourth-order valence-corrected chi connectivity index (χ4v) is 3.48. The molecule has 0 atom stereocenters. The van der Waals surface area contributed by atoms with Gasteiger partial charge in [-0.15, -0.1) is 0 Å². The van der Waals surface area contributed by atoms with Crippen LogP contribution < -0.4 is 18.9 Å². The van der Waals surface area contributed by atoms with Crippen molar-refractivity contribution < 1.29 is 18.9 Å². The van der Waals surface area contributed by atoms with Gasteiger partial charge in [-0.05, 0) is 70.9 Å². The molecule has 0 spiro atoms. The van der Waals surface area contributed by atoms with Crippen LogP contribution in [0.3, 0.4) is 0 Å². The quantitative estimate of drug-likeness (QED) is 0.235. The average molecular weight is 619 g/mol. The van der Waals surface area contributed by atoms with Gasteiger partial charge in [-0.3, -0.25) is 0 Å². The van der Waals surface area contributed by atoms with Crippen molar-refractivity contribution in [2.24, 2.45) is 16.2 Å². The Morgan fingerprint density at radius 3 is 1.13 bits per heavy atom. The van der Waals surface area contributed by atoms with Gasteiger partial charge in [-0.2, -0.15) is 0 Å². The van der Waals surface area contributed by atoms with Crippen LogP contribution in [0, 0.1) is 16.2 Å². The number of hydrogen-bond acceptors (Lipinski definition) is 4. The molecular weight excluding hydrogens is 556 g/mol. The first-order chi connectivity index (χ1) is 20.8. The lowest BCUT2D eigenvalue weighted by molar-refractivity contribution is 0.171. The zero-order valence-corrected chi connectivity index (χ0v) is 30.5. The van der Waals surface area contributed by atoms with Crippen LogP contribution in [0.2, 0.25) is 0 Å². The second kappa shape index (κ2) is 19.2. The minimum Gasteiger partial charge on any atom is -0.486 e. The SMILES string of the molecule is C=C1CCc2ccccc2C1.CC(C)(C)C.CC(C)(C)C.CC(C)(C)C.c1ccc2c(c1)OCCO2.c1ccc2c(c1)OCO2. The number of fused-ring (bicyclic) bond motifs is 3. The maximum absolute atomic E-state index is 5.30. The van der Waals surface area contributed by atoms with Crippen LogP contribution in [-0.4, -0.2) is 20.0 Å². The fourth-order valence-electron chi connectivity index (χ4n) is 3.48. The van der Waals surface area contributed by atoms with E-state index in [0.29, 0.717) is 36.3 Å². The highest BCUT2D eigenvalue weighted by molar-refractivity contribution is 5.41. The second-order valence-electron chi connectivity index (χ2n) is 16.2. The van der Waals surface area contributed by atoms with E-state index in [1.807, 2.05) is 48.5 Å². The Kier molecular flexibility index (Phi) is 16.9. The Morgan fingerprint density at radius 1 is 0.444 bits per heavy atom. The van der Waals surface area contributed by atoms with Gasteiger partial charge >= 0.3 is 0 Å². The van der Waals surface area contributed by atoms with Crippen molar-refractivity contribution in [1.82, 2.24) is 0 Å². The standard InChI is InChI=1S/C11H12.C8H8O2.C7H6O2.3C5H12/c1-9-6-7-10-4-2-3-5-11(10)8-9;1-2-4-8-7(3-1)9-5-6-10-8;1-2-4-7-6(3-1)8-5-9-7;3*1-5(2,3)4/h2-5H,1,6-8H2;1-4H,5-6H2;1-4H,5H2;3*1-4H3. The molecule has 0 unspecified atom stereocenters. The number of hydrogen-bond donors (Lipinski definition) is 0. The first-order valence-corrected chi connectivity index (χ1v) is 16.2. The molecule has 4 heteroatoms. The Morgan fingerprint density at radius 2 is 0.756 bits per heavy atom.